The van der Waals surface area contributed by atoms with E-state index in [9.17, 15) is 45.3 Å². The molecule has 7 N–H and O–H groups in total. The van der Waals surface area contributed by atoms with Crippen molar-refractivity contribution in [1.82, 2.24) is 0 Å². The molecule has 0 aromatic heterocycles. The minimum absolute atomic E-state index is 0.148. The SMILES string of the molecule is CCCCCC/C=C/C=C/CCCCCCCC(=O)O[C@@H](COC(=O)CCCCCCCCCCCCC/C=C/CCCCCCCC)CO[C@@H]1O[C@H](CO[C@@H]2O[C@H](CO)[C@H](O)C(O)C2O)[C@H](O)C(O)C1O. The summed E-state index contributed by atoms with van der Waals surface area (Å²) in [5.41, 5.74) is 0. The van der Waals surface area contributed by atoms with Crippen LogP contribution in [0.5, 0.6) is 0 Å². The highest BCUT2D eigenvalue weighted by Gasteiger charge is 2.47. The smallest absolute Gasteiger partial charge is 0.306 e. The molecule has 2 aliphatic heterocycles. The van der Waals surface area contributed by atoms with Crippen molar-refractivity contribution in [2.45, 2.75) is 287 Å². The average molecular weight is 1030 g/mol. The molecular weight excluding hydrogens is 925 g/mol. The lowest BCUT2D eigenvalue weighted by Crippen LogP contribution is -2.61. The Balaban J connectivity index is 1.75. The van der Waals surface area contributed by atoms with Gasteiger partial charge in [0.25, 0.3) is 0 Å². The van der Waals surface area contributed by atoms with E-state index in [0.29, 0.717) is 12.8 Å². The van der Waals surface area contributed by atoms with E-state index in [-0.39, 0.29) is 26.1 Å². The van der Waals surface area contributed by atoms with Crippen molar-refractivity contribution in [3.8, 4) is 0 Å². The zero-order valence-electron chi connectivity index (χ0n) is 44.7. The number of ether oxygens (including phenoxy) is 6. The molecule has 0 spiro atoms. The van der Waals surface area contributed by atoms with Crippen LogP contribution < -0.4 is 0 Å². The second kappa shape index (κ2) is 43.9. The summed E-state index contributed by atoms with van der Waals surface area (Å²) in [5, 5.41) is 72.2. The summed E-state index contributed by atoms with van der Waals surface area (Å²) >= 11 is 0. The Hall–Kier alpha value is -2.28. The first kappa shape index (κ1) is 65.8. The van der Waals surface area contributed by atoms with Gasteiger partial charge in [0.15, 0.2) is 18.7 Å². The van der Waals surface area contributed by atoms with Gasteiger partial charge in [-0.2, -0.15) is 0 Å². The molecule has 15 heteroatoms. The molecule has 2 heterocycles. The van der Waals surface area contributed by atoms with Gasteiger partial charge < -0.3 is 64.2 Å². The summed E-state index contributed by atoms with van der Waals surface area (Å²) in [6.45, 7) is 2.57. The van der Waals surface area contributed by atoms with E-state index in [1.54, 1.807) is 0 Å². The number of hydrogen-bond acceptors (Lipinski definition) is 15. The first-order valence-electron chi connectivity index (χ1n) is 28.6. The van der Waals surface area contributed by atoms with E-state index < -0.39 is 92.7 Å². The molecule has 2 rings (SSSR count). The second-order valence-electron chi connectivity index (χ2n) is 20.1. The van der Waals surface area contributed by atoms with Crippen LogP contribution in [-0.4, -0.2) is 142 Å². The molecule has 72 heavy (non-hydrogen) atoms. The maximum atomic E-state index is 13.0. The average Bonchev–Trinajstić information content (AvgIpc) is 3.37. The van der Waals surface area contributed by atoms with E-state index in [4.69, 9.17) is 28.4 Å². The van der Waals surface area contributed by atoms with Gasteiger partial charge in [-0.25, -0.2) is 0 Å². The Morgan fingerprint density at radius 2 is 0.833 bits per heavy atom. The maximum Gasteiger partial charge on any atom is 0.306 e. The molecule has 420 valence electrons. The van der Waals surface area contributed by atoms with Crippen LogP contribution in [0.4, 0.5) is 0 Å². The number of aliphatic hydroxyl groups excluding tert-OH is 7. The zero-order valence-corrected chi connectivity index (χ0v) is 44.7. The number of esters is 2. The van der Waals surface area contributed by atoms with Crippen LogP contribution in [0.1, 0.15) is 219 Å². The van der Waals surface area contributed by atoms with Crippen molar-refractivity contribution in [3.05, 3.63) is 36.5 Å². The van der Waals surface area contributed by atoms with Gasteiger partial charge in [0.1, 0.15) is 55.4 Å². The number of allylic oxidation sites excluding steroid dienone is 6. The van der Waals surface area contributed by atoms with Crippen LogP contribution in [0.3, 0.4) is 0 Å². The quantitative estimate of drug-likeness (QED) is 0.0130. The summed E-state index contributed by atoms with van der Waals surface area (Å²) < 4.78 is 33.7. The lowest BCUT2D eigenvalue weighted by atomic mass is 9.98. The Morgan fingerprint density at radius 3 is 1.32 bits per heavy atom. The van der Waals surface area contributed by atoms with Gasteiger partial charge in [-0.3, -0.25) is 9.59 Å². The van der Waals surface area contributed by atoms with Crippen LogP contribution in [-0.2, 0) is 38.0 Å². The lowest BCUT2D eigenvalue weighted by molar-refractivity contribution is -0.332. The third-order valence-electron chi connectivity index (χ3n) is 13.6. The van der Waals surface area contributed by atoms with Gasteiger partial charge in [-0.1, -0.05) is 179 Å². The van der Waals surface area contributed by atoms with Crippen molar-refractivity contribution >= 4 is 11.9 Å². The van der Waals surface area contributed by atoms with Crippen LogP contribution in [0, 0.1) is 0 Å². The topological polar surface area (TPSA) is 231 Å². The zero-order chi connectivity index (χ0) is 52.4. The van der Waals surface area contributed by atoms with Crippen molar-refractivity contribution in [3.63, 3.8) is 0 Å². The monoisotopic (exact) mass is 1030 g/mol. The van der Waals surface area contributed by atoms with Crippen LogP contribution in [0.15, 0.2) is 36.5 Å². The Labute approximate surface area is 434 Å². The van der Waals surface area contributed by atoms with Gasteiger partial charge in [0.2, 0.25) is 0 Å². The molecule has 2 fully saturated rings. The first-order chi connectivity index (χ1) is 35.0. The lowest BCUT2D eigenvalue weighted by Gasteiger charge is -2.42. The van der Waals surface area contributed by atoms with Gasteiger partial charge in [-0.05, 0) is 64.2 Å². The van der Waals surface area contributed by atoms with E-state index in [2.05, 4.69) is 50.3 Å². The van der Waals surface area contributed by atoms with Gasteiger partial charge in [0, 0.05) is 12.8 Å². The molecular formula is C57H102O15. The predicted molar refractivity (Wildman–Crippen MR) is 280 cm³/mol. The van der Waals surface area contributed by atoms with Crippen molar-refractivity contribution in [1.29, 1.82) is 0 Å². The van der Waals surface area contributed by atoms with Gasteiger partial charge >= 0.3 is 11.9 Å². The largest absolute Gasteiger partial charge is 0.462 e. The molecule has 0 amide bonds. The van der Waals surface area contributed by atoms with Crippen molar-refractivity contribution in [2.24, 2.45) is 0 Å². The third-order valence-corrected chi connectivity index (χ3v) is 13.6. The molecule has 0 saturated carbocycles. The summed E-state index contributed by atoms with van der Waals surface area (Å²) in [5.74, 6) is -0.937. The minimum Gasteiger partial charge on any atom is -0.462 e. The standard InChI is InChI=1S/C57H102O15/c1-3-5-7-9-11-13-15-17-19-20-21-22-23-24-26-27-29-31-33-35-37-39-48(59)67-42-45(70-49(60)40-38-36-34-32-30-28-25-18-16-14-12-10-8-6-4-2)43-68-56-55(66)53(64)51(62)47(72-56)44-69-57-54(65)52(63)50(61)46(41-58)71-57/h14,16-19,25,45-47,50-58,61-66H,3-13,15,20-24,26-44H2,1-2H3/b16-14+,19-17+,25-18+/t45-,46+,47+,50-,51-,52?,53?,54?,55?,56+,57+/m0/s1. The Kier molecular flexibility index (Phi) is 40.1. The van der Waals surface area contributed by atoms with Crippen LogP contribution in [0.2, 0.25) is 0 Å². The fourth-order valence-electron chi connectivity index (χ4n) is 8.91. The van der Waals surface area contributed by atoms with E-state index in [0.717, 1.165) is 57.8 Å². The number of carbonyl (C=O) groups excluding carboxylic acids is 2. The van der Waals surface area contributed by atoms with Crippen molar-refractivity contribution < 1.29 is 73.8 Å². The minimum atomic E-state index is -1.77. The molecule has 15 nitrogen and oxygen atoms in total. The third kappa shape index (κ3) is 30.9. The molecule has 2 aliphatic rings. The fourth-order valence-corrected chi connectivity index (χ4v) is 8.91. The highest BCUT2D eigenvalue weighted by molar-refractivity contribution is 5.70. The summed E-state index contributed by atoms with van der Waals surface area (Å²) in [4.78, 5) is 25.9. The number of rotatable bonds is 45. The molecule has 0 bridgehead atoms. The second-order valence-corrected chi connectivity index (χ2v) is 20.1. The Bertz CT molecular complexity index is 1390. The molecule has 4 unspecified atom stereocenters. The van der Waals surface area contributed by atoms with Crippen LogP contribution >= 0.6 is 0 Å². The number of aliphatic hydroxyl groups is 7. The van der Waals surface area contributed by atoms with E-state index in [1.165, 1.54) is 122 Å². The summed E-state index contributed by atoms with van der Waals surface area (Å²) in [6, 6.07) is 0. The van der Waals surface area contributed by atoms with E-state index in [1.807, 2.05) is 0 Å². The molecule has 0 aromatic carbocycles. The Morgan fingerprint density at radius 1 is 0.444 bits per heavy atom. The molecule has 0 radical (unpaired) electrons. The fraction of sp³-hybridized carbons (Fsp3) is 0.860. The van der Waals surface area contributed by atoms with Crippen molar-refractivity contribution in [2.75, 3.05) is 26.4 Å². The summed E-state index contributed by atoms with van der Waals surface area (Å²) in [6.07, 6.45) is 31.6. The highest BCUT2D eigenvalue weighted by atomic mass is 16.7. The number of unbranched alkanes of at least 4 members (excludes halogenated alkanes) is 26. The summed E-state index contributed by atoms with van der Waals surface area (Å²) in [7, 11) is 0. The van der Waals surface area contributed by atoms with Gasteiger partial charge in [-0.15, -0.1) is 0 Å². The first-order valence-corrected chi connectivity index (χ1v) is 28.6. The van der Waals surface area contributed by atoms with E-state index >= 15 is 0 Å². The maximum absolute atomic E-state index is 13.0. The molecule has 0 aromatic rings. The number of hydrogen-bond donors (Lipinski definition) is 7. The predicted octanol–water partition coefficient (Wildman–Crippen LogP) is 9.27. The van der Waals surface area contributed by atoms with Gasteiger partial charge in [0.05, 0.1) is 19.8 Å². The normalized spacial score (nSPS) is 25.2. The molecule has 0 aliphatic carbocycles. The molecule has 2 saturated heterocycles. The highest BCUT2D eigenvalue weighted by Crippen LogP contribution is 2.27. The number of carbonyl (C=O) groups is 2. The van der Waals surface area contributed by atoms with Crippen LogP contribution in [0.25, 0.3) is 0 Å². The molecule has 11 atom stereocenters.